The highest BCUT2D eigenvalue weighted by Gasteiger charge is 2.29. The van der Waals surface area contributed by atoms with Gasteiger partial charge in [-0.05, 0) is 35.7 Å². The van der Waals surface area contributed by atoms with Crippen LogP contribution in [-0.2, 0) is 9.53 Å². The number of para-hydroxylation sites is 1. The van der Waals surface area contributed by atoms with Crippen molar-refractivity contribution in [3.63, 3.8) is 0 Å². The van der Waals surface area contributed by atoms with Crippen LogP contribution < -0.4 is 15.9 Å². The van der Waals surface area contributed by atoms with E-state index in [1.54, 1.807) is 48.5 Å². The summed E-state index contributed by atoms with van der Waals surface area (Å²) in [6, 6.07) is 13.2. The van der Waals surface area contributed by atoms with Gasteiger partial charge in [0.1, 0.15) is 17.1 Å². The van der Waals surface area contributed by atoms with Crippen molar-refractivity contribution < 1.29 is 23.8 Å². The standard InChI is InChI=1S/C23H19NO7/c1-29-13-8-7-12-9-16(22(27)24-17(12)10-13)15(11-19(25)30-2)20-21(26)14-5-3-4-6-18(14)31-23(20)28/h3-10,15,26H,11H2,1-2H3,(H,24,27). The minimum absolute atomic E-state index is 0.126. The highest BCUT2D eigenvalue weighted by Crippen LogP contribution is 2.36. The lowest BCUT2D eigenvalue weighted by Gasteiger charge is -2.17. The molecule has 8 nitrogen and oxygen atoms in total. The van der Waals surface area contributed by atoms with E-state index in [1.807, 2.05) is 0 Å². The molecule has 2 heterocycles. The van der Waals surface area contributed by atoms with Crippen molar-refractivity contribution >= 4 is 27.8 Å². The molecule has 0 aliphatic rings. The number of rotatable bonds is 5. The zero-order valence-electron chi connectivity index (χ0n) is 16.8. The van der Waals surface area contributed by atoms with E-state index in [2.05, 4.69) is 4.98 Å². The van der Waals surface area contributed by atoms with Gasteiger partial charge in [-0.15, -0.1) is 0 Å². The second-order valence-corrected chi connectivity index (χ2v) is 6.99. The molecule has 0 spiro atoms. The van der Waals surface area contributed by atoms with Crippen LogP contribution in [0.4, 0.5) is 0 Å². The van der Waals surface area contributed by atoms with E-state index in [9.17, 15) is 19.5 Å². The number of pyridine rings is 1. The van der Waals surface area contributed by atoms with Crippen LogP contribution >= 0.6 is 0 Å². The fourth-order valence-corrected chi connectivity index (χ4v) is 3.66. The van der Waals surface area contributed by atoms with Gasteiger partial charge in [0, 0.05) is 17.5 Å². The number of fused-ring (bicyclic) bond motifs is 2. The molecule has 1 atom stereocenters. The first kappa shape index (κ1) is 20.2. The van der Waals surface area contributed by atoms with Crippen LogP contribution in [0.2, 0.25) is 0 Å². The van der Waals surface area contributed by atoms with Gasteiger partial charge in [0.05, 0.1) is 37.1 Å². The molecule has 0 aliphatic heterocycles. The van der Waals surface area contributed by atoms with Crippen LogP contribution in [0.25, 0.3) is 21.9 Å². The average molecular weight is 421 g/mol. The van der Waals surface area contributed by atoms with Crippen molar-refractivity contribution in [2.45, 2.75) is 12.3 Å². The Bertz CT molecular complexity index is 1420. The second kappa shape index (κ2) is 7.98. The van der Waals surface area contributed by atoms with Gasteiger partial charge in [0.25, 0.3) is 5.56 Å². The van der Waals surface area contributed by atoms with E-state index in [-0.39, 0.29) is 28.9 Å². The summed E-state index contributed by atoms with van der Waals surface area (Å²) in [6.45, 7) is 0. The van der Waals surface area contributed by atoms with Gasteiger partial charge in [0.15, 0.2) is 0 Å². The number of H-pyrrole nitrogens is 1. The van der Waals surface area contributed by atoms with E-state index in [0.29, 0.717) is 22.0 Å². The Hall–Kier alpha value is -4.07. The van der Waals surface area contributed by atoms with Gasteiger partial charge in [-0.2, -0.15) is 0 Å². The topological polar surface area (TPSA) is 119 Å². The summed E-state index contributed by atoms with van der Waals surface area (Å²) in [7, 11) is 2.72. The van der Waals surface area contributed by atoms with E-state index >= 15 is 0 Å². The van der Waals surface area contributed by atoms with Gasteiger partial charge in [-0.1, -0.05) is 12.1 Å². The lowest BCUT2D eigenvalue weighted by Crippen LogP contribution is -2.24. The van der Waals surface area contributed by atoms with Gasteiger partial charge < -0.3 is 24.0 Å². The Morgan fingerprint density at radius 3 is 2.65 bits per heavy atom. The molecule has 0 fully saturated rings. The fraction of sp³-hybridized carbons (Fsp3) is 0.174. The lowest BCUT2D eigenvalue weighted by atomic mass is 9.88. The highest BCUT2D eigenvalue weighted by atomic mass is 16.5. The molecule has 0 amide bonds. The summed E-state index contributed by atoms with van der Waals surface area (Å²) < 4.78 is 15.3. The van der Waals surface area contributed by atoms with Crippen molar-refractivity contribution in [1.82, 2.24) is 4.98 Å². The Labute approximate surface area is 175 Å². The molecule has 158 valence electrons. The number of carbonyl (C=O) groups is 1. The summed E-state index contributed by atoms with van der Waals surface area (Å²) in [5, 5.41) is 11.8. The van der Waals surface area contributed by atoms with E-state index < -0.39 is 23.1 Å². The molecule has 2 aromatic carbocycles. The van der Waals surface area contributed by atoms with Crippen molar-refractivity contribution in [3.05, 3.63) is 80.4 Å². The minimum atomic E-state index is -1.08. The Morgan fingerprint density at radius 1 is 1.13 bits per heavy atom. The van der Waals surface area contributed by atoms with Crippen molar-refractivity contribution in [2.24, 2.45) is 0 Å². The van der Waals surface area contributed by atoms with Crippen LogP contribution in [0, 0.1) is 0 Å². The Morgan fingerprint density at radius 2 is 1.90 bits per heavy atom. The fourth-order valence-electron chi connectivity index (χ4n) is 3.66. The molecule has 0 radical (unpaired) electrons. The molecule has 2 N–H and O–H groups in total. The number of esters is 1. The Kier molecular flexibility index (Phi) is 5.21. The normalized spacial score (nSPS) is 12.1. The first-order valence-electron chi connectivity index (χ1n) is 9.45. The first-order chi connectivity index (χ1) is 14.9. The van der Waals surface area contributed by atoms with Gasteiger partial charge >= 0.3 is 11.6 Å². The molecule has 0 aliphatic carbocycles. The maximum Gasteiger partial charge on any atom is 0.343 e. The number of nitrogens with one attached hydrogen (secondary N) is 1. The van der Waals surface area contributed by atoms with Crippen LogP contribution in [0.5, 0.6) is 11.5 Å². The summed E-state index contributed by atoms with van der Waals surface area (Å²) >= 11 is 0. The quantitative estimate of drug-likeness (QED) is 0.375. The number of aromatic hydroxyl groups is 1. The predicted octanol–water partition coefficient (Wildman–Crippen LogP) is 3.04. The number of ether oxygens (including phenoxy) is 2. The van der Waals surface area contributed by atoms with Crippen LogP contribution in [-0.4, -0.2) is 30.3 Å². The smallest absolute Gasteiger partial charge is 0.343 e. The molecule has 1 unspecified atom stereocenters. The minimum Gasteiger partial charge on any atom is -0.507 e. The second-order valence-electron chi connectivity index (χ2n) is 6.99. The molecule has 0 saturated heterocycles. The average Bonchev–Trinajstić information content (AvgIpc) is 2.77. The monoisotopic (exact) mass is 421 g/mol. The zero-order valence-corrected chi connectivity index (χ0v) is 16.8. The number of carbonyl (C=O) groups excluding carboxylic acids is 1. The van der Waals surface area contributed by atoms with Crippen LogP contribution in [0.1, 0.15) is 23.5 Å². The van der Waals surface area contributed by atoms with Gasteiger partial charge in [-0.25, -0.2) is 4.79 Å². The largest absolute Gasteiger partial charge is 0.507 e. The molecule has 0 bridgehead atoms. The zero-order chi connectivity index (χ0) is 22.1. The molecule has 8 heteroatoms. The van der Waals surface area contributed by atoms with Crippen LogP contribution in [0.15, 0.2) is 62.5 Å². The molecule has 2 aromatic heterocycles. The third-order valence-corrected chi connectivity index (χ3v) is 5.22. The maximum atomic E-state index is 12.9. The first-order valence-corrected chi connectivity index (χ1v) is 9.45. The summed E-state index contributed by atoms with van der Waals surface area (Å²) in [5.41, 5.74) is -0.672. The molecule has 31 heavy (non-hydrogen) atoms. The predicted molar refractivity (Wildman–Crippen MR) is 114 cm³/mol. The van der Waals surface area contributed by atoms with E-state index in [4.69, 9.17) is 13.9 Å². The van der Waals surface area contributed by atoms with Crippen molar-refractivity contribution in [3.8, 4) is 11.5 Å². The summed E-state index contributed by atoms with van der Waals surface area (Å²) in [6.07, 6.45) is -0.335. The number of hydrogen-bond donors (Lipinski definition) is 2. The third kappa shape index (κ3) is 3.63. The Balaban J connectivity index is 1.98. The maximum absolute atomic E-state index is 12.9. The van der Waals surface area contributed by atoms with Crippen molar-refractivity contribution in [2.75, 3.05) is 14.2 Å². The number of methoxy groups -OCH3 is 2. The van der Waals surface area contributed by atoms with E-state index in [1.165, 1.54) is 14.2 Å². The third-order valence-electron chi connectivity index (χ3n) is 5.22. The SMILES string of the molecule is COC(=O)CC(c1cc2ccc(OC)cc2[nH]c1=O)c1c(O)c2ccccc2oc1=O. The highest BCUT2D eigenvalue weighted by molar-refractivity contribution is 5.85. The number of benzene rings is 2. The van der Waals surface area contributed by atoms with Gasteiger partial charge in [-0.3, -0.25) is 9.59 Å². The molecule has 4 aromatic rings. The number of hydrogen-bond acceptors (Lipinski definition) is 7. The number of aromatic nitrogens is 1. The van der Waals surface area contributed by atoms with Crippen LogP contribution in [0.3, 0.4) is 0 Å². The number of aromatic amines is 1. The summed E-state index contributed by atoms with van der Waals surface area (Å²) in [5.74, 6) is -1.50. The van der Waals surface area contributed by atoms with Gasteiger partial charge in [0.2, 0.25) is 0 Å². The summed E-state index contributed by atoms with van der Waals surface area (Å²) in [4.78, 5) is 40.6. The lowest BCUT2D eigenvalue weighted by molar-refractivity contribution is -0.140. The molecular formula is C23H19NO7. The molecular weight excluding hydrogens is 402 g/mol. The molecule has 0 saturated carbocycles. The molecule has 4 rings (SSSR count). The van der Waals surface area contributed by atoms with Crippen molar-refractivity contribution in [1.29, 1.82) is 0 Å². The van der Waals surface area contributed by atoms with E-state index in [0.717, 1.165) is 0 Å².